The lowest BCUT2D eigenvalue weighted by atomic mass is 10.2. The van der Waals surface area contributed by atoms with E-state index in [2.05, 4.69) is 15.3 Å². The van der Waals surface area contributed by atoms with Gasteiger partial charge in [0.15, 0.2) is 0 Å². The van der Waals surface area contributed by atoms with Crippen molar-refractivity contribution >= 4 is 34.7 Å². The number of aryl methyl sites for hydroxylation is 1. The molecule has 1 aromatic heterocycles. The summed E-state index contributed by atoms with van der Waals surface area (Å²) in [7, 11) is 0. The minimum atomic E-state index is 0.201. The standard InChI is InChI=1S/C13H13Cl2N3O/c1-3-19-11-6-9(4-5-10(11)14)17-12-8(2)7-16-13(15)18-12/h4-7H,3H2,1-2H3,(H,16,17,18). The van der Waals surface area contributed by atoms with E-state index in [4.69, 9.17) is 27.9 Å². The molecule has 0 bridgehead atoms. The molecule has 0 aliphatic heterocycles. The monoisotopic (exact) mass is 297 g/mol. The molecule has 1 heterocycles. The minimum Gasteiger partial charge on any atom is -0.492 e. The Bertz CT molecular complexity index is 590. The van der Waals surface area contributed by atoms with Crippen molar-refractivity contribution in [3.05, 3.63) is 40.3 Å². The second kappa shape index (κ2) is 6.08. The summed E-state index contributed by atoms with van der Waals surface area (Å²) in [6, 6.07) is 5.44. The van der Waals surface area contributed by atoms with Crippen LogP contribution in [0, 0.1) is 6.92 Å². The molecular formula is C13H13Cl2N3O. The number of hydrogen-bond acceptors (Lipinski definition) is 4. The van der Waals surface area contributed by atoms with Crippen molar-refractivity contribution in [2.45, 2.75) is 13.8 Å². The molecule has 100 valence electrons. The molecule has 0 aliphatic carbocycles. The van der Waals surface area contributed by atoms with E-state index in [0.717, 1.165) is 11.3 Å². The molecule has 2 aromatic rings. The molecule has 2 rings (SSSR count). The van der Waals surface area contributed by atoms with Gasteiger partial charge < -0.3 is 10.1 Å². The van der Waals surface area contributed by atoms with Crippen LogP contribution >= 0.6 is 23.2 Å². The molecule has 1 N–H and O–H groups in total. The van der Waals surface area contributed by atoms with Crippen molar-refractivity contribution in [1.29, 1.82) is 0 Å². The van der Waals surface area contributed by atoms with Gasteiger partial charge in [-0.15, -0.1) is 0 Å². The fraction of sp³-hybridized carbons (Fsp3) is 0.231. The molecule has 0 fully saturated rings. The highest BCUT2D eigenvalue weighted by Crippen LogP contribution is 2.29. The van der Waals surface area contributed by atoms with Crippen molar-refractivity contribution in [2.24, 2.45) is 0 Å². The maximum atomic E-state index is 6.03. The number of anilines is 2. The first-order chi connectivity index (χ1) is 9.10. The molecule has 0 saturated carbocycles. The number of rotatable bonds is 4. The van der Waals surface area contributed by atoms with Gasteiger partial charge in [-0.3, -0.25) is 0 Å². The largest absolute Gasteiger partial charge is 0.492 e. The molecule has 0 spiro atoms. The molecule has 6 heteroatoms. The van der Waals surface area contributed by atoms with E-state index in [-0.39, 0.29) is 5.28 Å². The van der Waals surface area contributed by atoms with Gasteiger partial charge in [0.2, 0.25) is 5.28 Å². The lowest BCUT2D eigenvalue weighted by Crippen LogP contribution is -1.99. The van der Waals surface area contributed by atoms with Gasteiger partial charge in [0.1, 0.15) is 11.6 Å². The first-order valence-electron chi connectivity index (χ1n) is 5.78. The zero-order chi connectivity index (χ0) is 13.8. The van der Waals surface area contributed by atoms with Gasteiger partial charge in [0.25, 0.3) is 0 Å². The summed E-state index contributed by atoms with van der Waals surface area (Å²) in [6.07, 6.45) is 1.66. The Labute approximate surface area is 121 Å². The lowest BCUT2D eigenvalue weighted by Gasteiger charge is -2.11. The van der Waals surface area contributed by atoms with Gasteiger partial charge in [-0.05, 0) is 37.6 Å². The summed E-state index contributed by atoms with van der Waals surface area (Å²) >= 11 is 11.8. The summed E-state index contributed by atoms with van der Waals surface area (Å²) in [5, 5.41) is 3.94. The number of nitrogens with one attached hydrogen (secondary N) is 1. The molecule has 4 nitrogen and oxygen atoms in total. The molecule has 0 amide bonds. The van der Waals surface area contributed by atoms with Gasteiger partial charge in [-0.2, -0.15) is 0 Å². The lowest BCUT2D eigenvalue weighted by molar-refractivity contribution is 0.340. The van der Waals surface area contributed by atoms with E-state index in [1.54, 1.807) is 12.3 Å². The van der Waals surface area contributed by atoms with Gasteiger partial charge in [-0.25, -0.2) is 9.97 Å². The maximum Gasteiger partial charge on any atom is 0.224 e. The molecule has 0 saturated heterocycles. The van der Waals surface area contributed by atoms with Crippen LogP contribution in [0.15, 0.2) is 24.4 Å². The first kappa shape index (κ1) is 13.9. The minimum absolute atomic E-state index is 0.201. The van der Waals surface area contributed by atoms with Crippen LogP contribution in [0.5, 0.6) is 5.75 Å². The quantitative estimate of drug-likeness (QED) is 0.858. The third-order valence-corrected chi connectivity index (χ3v) is 2.93. The van der Waals surface area contributed by atoms with Crippen molar-refractivity contribution < 1.29 is 4.74 Å². The molecular weight excluding hydrogens is 285 g/mol. The van der Waals surface area contributed by atoms with Crippen LogP contribution in [0.3, 0.4) is 0 Å². The second-order valence-corrected chi connectivity index (χ2v) is 4.62. The fourth-order valence-corrected chi connectivity index (χ4v) is 1.84. The van der Waals surface area contributed by atoms with E-state index >= 15 is 0 Å². The zero-order valence-electron chi connectivity index (χ0n) is 10.6. The average Bonchev–Trinajstić information content (AvgIpc) is 2.38. The number of nitrogens with zero attached hydrogens (tertiary/aromatic N) is 2. The summed E-state index contributed by atoms with van der Waals surface area (Å²) < 4.78 is 5.44. The Morgan fingerprint density at radius 3 is 2.84 bits per heavy atom. The topological polar surface area (TPSA) is 47.0 Å². The molecule has 19 heavy (non-hydrogen) atoms. The molecule has 0 radical (unpaired) electrons. The first-order valence-corrected chi connectivity index (χ1v) is 6.54. The Balaban J connectivity index is 2.28. The summed E-state index contributed by atoms with van der Waals surface area (Å²) in [5.41, 5.74) is 1.73. The van der Waals surface area contributed by atoms with Crippen LogP contribution in [0.25, 0.3) is 0 Å². The van der Waals surface area contributed by atoms with Crippen LogP contribution in [-0.4, -0.2) is 16.6 Å². The van der Waals surface area contributed by atoms with Gasteiger partial charge >= 0.3 is 0 Å². The molecule has 1 aromatic carbocycles. The van der Waals surface area contributed by atoms with Gasteiger partial charge in [-0.1, -0.05) is 11.6 Å². The number of aromatic nitrogens is 2. The number of hydrogen-bond donors (Lipinski definition) is 1. The van der Waals surface area contributed by atoms with E-state index in [9.17, 15) is 0 Å². The smallest absolute Gasteiger partial charge is 0.224 e. The molecule has 0 atom stereocenters. The van der Waals surface area contributed by atoms with E-state index < -0.39 is 0 Å². The van der Waals surface area contributed by atoms with Crippen LogP contribution in [0.4, 0.5) is 11.5 Å². The molecule has 0 unspecified atom stereocenters. The summed E-state index contributed by atoms with van der Waals surface area (Å²) in [6.45, 7) is 4.37. The second-order valence-electron chi connectivity index (χ2n) is 3.87. The highest BCUT2D eigenvalue weighted by Gasteiger charge is 2.06. The zero-order valence-corrected chi connectivity index (χ0v) is 12.1. The predicted octanol–water partition coefficient (Wildman–Crippen LogP) is 4.23. The van der Waals surface area contributed by atoms with Crippen molar-refractivity contribution in [3.8, 4) is 5.75 Å². The fourth-order valence-electron chi connectivity index (χ4n) is 1.53. The highest BCUT2D eigenvalue weighted by atomic mass is 35.5. The van der Waals surface area contributed by atoms with Crippen molar-refractivity contribution in [1.82, 2.24) is 9.97 Å². The van der Waals surface area contributed by atoms with E-state index in [0.29, 0.717) is 23.2 Å². The maximum absolute atomic E-state index is 6.03. The van der Waals surface area contributed by atoms with Crippen molar-refractivity contribution in [2.75, 3.05) is 11.9 Å². The van der Waals surface area contributed by atoms with Crippen LogP contribution in [-0.2, 0) is 0 Å². The van der Waals surface area contributed by atoms with Crippen molar-refractivity contribution in [3.63, 3.8) is 0 Å². The average molecular weight is 298 g/mol. The van der Waals surface area contributed by atoms with Gasteiger partial charge in [0.05, 0.1) is 11.6 Å². The number of benzene rings is 1. The Morgan fingerprint density at radius 1 is 1.32 bits per heavy atom. The van der Waals surface area contributed by atoms with Crippen LogP contribution < -0.4 is 10.1 Å². The third kappa shape index (κ3) is 3.49. The summed E-state index contributed by atoms with van der Waals surface area (Å²) in [4.78, 5) is 8.05. The Morgan fingerprint density at radius 2 is 2.11 bits per heavy atom. The van der Waals surface area contributed by atoms with Crippen LogP contribution in [0.2, 0.25) is 10.3 Å². The SMILES string of the molecule is CCOc1cc(Nc2nc(Cl)ncc2C)ccc1Cl. The predicted molar refractivity (Wildman–Crippen MR) is 77.7 cm³/mol. The van der Waals surface area contributed by atoms with E-state index in [1.807, 2.05) is 26.0 Å². The van der Waals surface area contributed by atoms with Crippen LogP contribution in [0.1, 0.15) is 12.5 Å². The number of ether oxygens (including phenoxy) is 1. The Hall–Kier alpha value is -1.52. The third-order valence-electron chi connectivity index (χ3n) is 2.44. The normalized spacial score (nSPS) is 10.3. The molecule has 0 aliphatic rings. The highest BCUT2D eigenvalue weighted by molar-refractivity contribution is 6.32. The van der Waals surface area contributed by atoms with Gasteiger partial charge in [0, 0.05) is 23.5 Å². The Kier molecular flexibility index (Phi) is 4.45. The number of halogens is 2. The van der Waals surface area contributed by atoms with E-state index in [1.165, 1.54) is 0 Å². The summed E-state index contributed by atoms with van der Waals surface area (Å²) in [5.74, 6) is 1.29.